The van der Waals surface area contributed by atoms with Gasteiger partial charge < -0.3 is 15.4 Å². The topological polar surface area (TPSA) is 97.4 Å². The zero-order valence-electron chi connectivity index (χ0n) is 15.1. The Kier molecular flexibility index (Phi) is 6.10. The lowest BCUT2D eigenvalue weighted by Gasteiger charge is -2.19. The number of benzene rings is 1. The van der Waals surface area contributed by atoms with Gasteiger partial charge in [-0.3, -0.25) is 9.59 Å². The SMILES string of the molecule is CC(=O)c1cccc(-c2csc(NC(=O)CNC(=O)OC(C)(C)C)n2)c1. The third-order valence-electron chi connectivity index (χ3n) is 3.11. The molecule has 0 bridgehead atoms. The van der Waals surface area contributed by atoms with Crippen LogP contribution in [0.25, 0.3) is 11.3 Å². The molecule has 0 saturated carbocycles. The predicted molar refractivity (Wildman–Crippen MR) is 100 cm³/mol. The van der Waals surface area contributed by atoms with Gasteiger partial charge in [-0.2, -0.15) is 0 Å². The molecule has 0 radical (unpaired) electrons. The van der Waals surface area contributed by atoms with Crippen LogP contribution >= 0.6 is 11.3 Å². The van der Waals surface area contributed by atoms with E-state index in [0.29, 0.717) is 16.4 Å². The average molecular weight is 375 g/mol. The second-order valence-corrected chi connectivity index (χ2v) is 7.44. The van der Waals surface area contributed by atoms with E-state index in [4.69, 9.17) is 4.74 Å². The smallest absolute Gasteiger partial charge is 0.408 e. The molecule has 0 spiro atoms. The van der Waals surface area contributed by atoms with Gasteiger partial charge in [-0.25, -0.2) is 9.78 Å². The summed E-state index contributed by atoms with van der Waals surface area (Å²) in [5, 5.41) is 7.20. The van der Waals surface area contributed by atoms with E-state index in [2.05, 4.69) is 15.6 Å². The van der Waals surface area contributed by atoms with Gasteiger partial charge in [0.1, 0.15) is 12.1 Å². The van der Waals surface area contributed by atoms with Crippen molar-refractivity contribution >= 4 is 34.3 Å². The molecule has 0 aliphatic carbocycles. The van der Waals surface area contributed by atoms with Crippen LogP contribution in [0, 0.1) is 0 Å². The molecule has 2 rings (SSSR count). The summed E-state index contributed by atoms with van der Waals surface area (Å²) in [4.78, 5) is 39.3. The highest BCUT2D eigenvalue weighted by Gasteiger charge is 2.17. The van der Waals surface area contributed by atoms with Crippen molar-refractivity contribution in [2.75, 3.05) is 11.9 Å². The van der Waals surface area contributed by atoms with Crippen LogP contribution in [0.2, 0.25) is 0 Å². The number of hydrogen-bond donors (Lipinski definition) is 2. The number of carbonyl (C=O) groups excluding carboxylic acids is 3. The fourth-order valence-corrected chi connectivity index (χ4v) is 2.73. The van der Waals surface area contributed by atoms with Gasteiger partial charge in [0.05, 0.1) is 5.69 Å². The minimum Gasteiger partial charge on any atom is -0.444 e. The molecule has 0 aliphatic rings. The molecule has 2 N–H and O–H groups in total. The van der Waals surface area contributed by atoms with E-state index in [0.717, 1.165) is 5.56 Å². The van der Waals surface area contributed by atoms with Crippen molar-refractivity contribution in [1.29, 1.82) is 0 Å². The number of ketones is 1. The van der Waals surface area contributed by atoms with Crippen LogP contribution in [0.15, 0.2) is 29.6 Å². The lowest BCUT2D eigenvalue weighted by atomic mass is 10.1. The van der Waals surface area contributed by atoms with Crippen LogP contribution in [-0.2, 0) is 9.53 Å². The lowest BCUT2D eigenvalue weighted by molar-refractivity contribution is -0.115. The second-order valence-electron chi connectivity index (χ2n) is 6.58. The monoisotopic (exact) mass is 375 g/mol. The van der Waals surface area contributed by atoms with Crippen LogP contribution in [0.3, 0.4) is 0 Å². The van der Waals surface area contributed by atoms with E-state index < -0.39 is 17.6 Å². The normalized spacial score (nSPS) is 10.9. The molecule has 1 heterocycles. The van der Waals surface area contributed by atoms with Gasteiger partial charge in [0.15, 0.2) is 10.9 Å². The molecule has 2 amide bonds. The summed E-state index contributed by atoms with van der Waals surface area (Å²) in [7, 11) is 0. The van der Waals surface area contributed by atoms with Crippen molar-refractivity contribution in [2.24, 2.45) is 0 Å². The summed E-state index contributed by atoms with van der Waals surface area (Å²) in [5.41, 5.74) is 1.43. The Morgan fingerprint density at radius 3 is 2.62 bits per heavy atom. The molecule has 7 nitrogen and oxygen atoms in total. The first kappa shape index (κ1) is 19.6. The lowest BCUT2D eigenvalue weighted by Crippen LogP contribution is -2.37. The number of thiazole rings is 1. The summed E-state index contributed by atoms with van der Waals surface area (Å²) in [5.74, 6) is -0.432. The number of ether oxygens (including phenoxy) is 1. The molecule has 138 valence electrons. The summed E-state index contributed by atoms with van der Waals surface area (Å²) in [6.07, 6.45) is -0.659. The zero-order valence-corrected chi connectivity index (χ0v) is 15.9. The van der Waals surface area contributed by atoms with E-state index in [1.54, 1.807) is 44.4 Å². The first-order valence-corrected chi connectivity index (χ1v) is 8.85. The first-order valence-electron chi connectivity index (χ1n) is 7.97. The fourth-order valence-electron chi connectivity index (χ4n) is 1.99. The fraction of sp³-hybridized carbons (Fsp3) is 0.333. The van der Waals surface area contributed by atoms with Crippen molar-refractivity contribution in [3.05, 3.63) is 35.2 Å². The van der Waals surface area contributed by atoms with Crippen molar-refractivity contribution in [3.8, 4) is 11.3 Å². The zero-order chi connectivity index (χ0) is 19.3. The molecule has 1 aromatic heterocycles. The van der Waals surface area contributed by atoms with E-state index in [9.17, 15) is 14.4 Å². The number of hydrogen-bond acceptors (Lipinski definition) is 6. The molecule has 0 aliphatic heterocycles. The van der Waals surface area contributed by atoms with Crippen LogP contribution < -0.4 is 10.6 Å². The molecule has 0 fully saturated rings. The highest BCUT2D eigenvalue weighted by Crippen LogP contribution is 2.25. The van der Waals surface area contributed by atoms with Crippen molar-refractivity contribution < 1.29 is 19.1 Å². The average Bonchev–Trinajstić information content (AvgIpc) is 3.00. The number of anilines is 1. The number of nitrogens with one attached hydrogen (secondary N) is 2. The Bertz CT molecular complexity index is 824. The number of rotatable bonds is 5. The quantitative estimate of drug-likeness (QED) is 0.780. The standard InChI is InChI=1S/C18H21N3O4S/c1-11(22)12-6-5-7-13(8-12)14-10-26-16(20-14)21-15(23)9-19-17(24)25-18(2,3)4/h5-8,10H,9H2,1-4H3,(H,19,24)(H,20,21,23). The van der Waals surface area contributed by atoms with Gasteiger partial charge in [0, 0.05) is 16.5 Å². The summed E-state index contributed by atoms with van der Waals surface area (Å²) in [6, 6.07) is 7.13. The number of aromatic nitrogens is 1. The second kappa shape index (κ2) is 8.09. The Balaban J connectivity index is 1.94. The molecule has 8 heteroatoms. The molecule has 0 atom stereocenters. The van der Waals surface area contributed by atoms with Gasteiger partial charge in [-0.15, -0.1) is 11.3 Å². The Morgan fingerprint density at radius 2 is 1.96 bits per heavy atom. The Morgan fingerprint density at radius 1 is 1.23 bits per heavy atom. The summed E-state index contributed by atoms with van der Waals surface area (Å²) in [6.45, 7) is 6.51. The number of Topliss-reactive ketones (excluding diaryl/α,β-unsaturated/α-hetero) is 1. The largest absolute Gasteiger partial charge is 0.444 e. The van der Waals surface area contributed by atoms with Gasteiger partial charge >= 0.3 is 6.09 Å². The minimum atomic E-state index is -0.659. The molecule has 2 aromatic rings. The predicted octanol–water partition coefficient (Wildman–Crippen LogP) is 3.48. The van der Waals surface area contributed by atoms with Crippen LogP contribution in [0.4, 0.5) is 9.93 Å². The van der Waals surface area contributed by atoms with Crippen molar-refractivity contribution in [2.45, 2.75) is 33.3 Å². The Hall–Kier alpha value is -2.74. The summed E-state index contributed by atoms with van der Waals surface area (Å²) >= 11 is 1.26. The number of amides is 2. The van der Waals surface area contributed by atoms with E-state index in [1.807, 2.05) is 6.07 Å². The molecule has 0 unspecified atom stereocenters. The Labute approximate surface area is 155 Å². The minimum absolute atomic E-state index is 0.0242. The van der Waals surface area contributed by atoms with E-state index in [-0.39, 0.29) is 12.3 Å². The molecular weight excluding hydrogens is 354 g/mol. The highest BCUT2D eigenvalue weighted by atomic mass is 32.1. The van der Waals surface area contributed by atoms with Gasteiger partial charge in [0.25, 0.3) is 0 Å². The first-order chi connectivity index (χ1) is 12.1. The van der Waals surface area contributed by atoms with Gasteiger partial charge in [0.2, 0.25) is 5.91 Å². The summed E-state index contributed by atoms with van der Waals surface area (Å²) < 4.78 is 5.06. The third kappa shape index (κ3) is 5.96. The third-order valence-corrected chi connectivity index (χ3v) is 3.87. The van der Waals surface area contributed by atoms with Crippen molar-refractivity contribution in [3.63, 3.8) is 0 Å². The maximum Gasteiger partial charge on any atom is 0.408 e. The molecule has 26 heavy (non-hydrogen) atoms. The molecule has 1 aromatic carbocycles. The highest BCUT2D eigenvalue weighted by molar-refractivity contribution is 7.14. The van der Waals surface area contributed by atoms with E-state index in [1.165, 1.54) is 18.3 Å². The van der Waals surface area contributed by atoms with Crippen molar-refractivity contribution in [1.82, 2.24) is 10.3 Å². The van der Waals surface area contributed by atoms with E-state index >= 15 is 0 Å². The maximum absolute atomic E-state index is 11.9. The van der Waals surface area contributed by atoms with Crippen LogP contribution in [0.1, 0.15) is 38.1 Å². The molecular formula is C18H21N3O4S. The van der Waals surface area contributed by atoms with Crippen LogP contribution in [0.5, 0.6) is 0 Å². The van der Waals surface area contributed by atoms with Gasteiger partial charge in [-0.1, -0.05) is 18.2 Å². The number of alkyl carbamates (subject to hydrolysis) is 1. The maximum atomic E-state index is 11.9. The number of carbonyl (C=O) groups is 3. The van der Waals surface area contributed by atoms with Gasteiger partial charge in [-0.05, 0) is 33.8 Å². The molecule has 0 saturated heterocycles. The number of nitrogens with zero attached hydrogens (tertiary/aromatic N) is 1. The van der Waals surface area contributed by atoms with Crippen LogP contribution in [-0.4, -0.2) is 34.9 Å².